The third-order valence-electron chi connectivity index (χ3n) is 4.96. The first-order chi connectivity index (χ1) is 14.5. The normalized spacial score (nSPS) is 10.8. The van der Waals surface area contributed by atoms with E-state index in [1.54, 1.807) is 6.07 Å². The van der Waals surface area contributed by atoms with E-state index in [1.807, 2.05) is 91.5 Å². The molecule has 0 fully saturated rings. The Morgan fingerprint density at radius 2 is 1.73 bits per heavy atom. The van der Waals surface area contributed by atoms with Crippen LogP contribution in [0, 0.1) is 13.8 Å². The number of halogens is 1. The smallest absolute Gasteiger partial charge is 0.259 e. The minimum Gasteiger partial charge on any atom is -0.322 e. The van der Waals surface area contributed by atoms with Crippen LogP contribution in [0.25, 0.3) is 11.3 Å². The van der Waals surface area contributed by atoms with Crippen molar-refractivity contribution in [1.29, 1.82) is 0 Å². The number of carbonyl (C=O) groups excluding carboxylic acids is 1. The van der Waals surface area contributed by atoms with Gasteiger partial charge in [0, 0.05) is 22.5 Å². The van der Waals surface area contributed by atoms with E-state index in [-0.39, 0.29) is 5.91 Å². The highest BCUT2D eigenvalue weighted by Crippen LogP contribution is 2.26. The second-order valence-corrected chi connectivity index (χ2v) is 7.79. The van der Waals surface area contributed by atoms with Crippen molar-refractivity contribution in [2.24, 2.45) is 0 Å². The lowest BCUT2D eigenvalue weighted by atomic mass is 10.1. The summed E-state index contributed by atoms with van der Waals surface area (Å²) in [4.78, 5) is 13.2. The van der Waals surface area contributed by atoms with Crippen LogP contribution in [0.5, 0.6) is 0 Å². The lowest BCUT2D eigenvalue weighted by Gasteiger charge is -2.09. The van der Waals surface area contributed by atoms with Gasteiger partial charge in [-0.3, -0.25) is 9.48 Å². The monoisotopic (exact) mass is 415 g/mol. The van der Waals surface area contributed by atoms with Gasteiger partial charge in [0.25, 0.3) is 5.91 Å². The predicted octanol–water partition coefficient (Wildman–Crippen LogP) is 6.12. The van der Waals surface area contributed by atoms with Crippen LogP contribution in [0.2, 0.25) is 5.02 Å². The molecule has 0 bridgehead atoms. The molecule has 0 radical (unpaired) electrons. The number of aromatic nitrogens is 2. The number of nitrogens with zero attached hydrogens (tertiary/aromatic N) is 2. The zero-order valence-corrected chi connectivity index (χ0v) is 17.6. The Labute approximate surface area is 181 Å². The fraction of sp³-hybridized carbons (Fsp3) is 0.120. The van der Waals surface area contributed by atoms with E-state index in [0.717, 1.165) is 27.9 Å². The Hall–Kier alpha value is -3.37. The van der Waals surface area contributed by atoms with Gasteiger partial charge in [-0.05, 0) is 43.2 Å². The number of hydrogen-bond donors (Lipinski definition) is 1. The van der Waals surface area contributed by atoms with Gasteiger partial charge in [-0.1, -0.05) is 71.8 Å². The number of benzene rings is 3. The summed E-state index contributed by atoms with van der Waals surface area (Å²) in [6.07, 6.45) is 1.81. The second-order valence-electron chi connectivity index (χ2n) is 7.35. The van der Waals surface area contributed by atoms with Gasteiger partial charge in [0.2, 0.25) is 0 Å². The summed E-state index contributed by atoms with van der Waals surface area (Å²) in [5, 5.41) is 8.38. The predicted molar refractivity (Wildman–Crippen MR) is 122 cm³/mol. The maximum Gasteiger partial charge on any atom is 0.259 e. The molecule has 0 aliphatic rings. The summed E-state index contributed by atoms with van der Waals surface area (Å²) in [5.41, 5.74) is 6.02. The van der Waals surface area contributed by atoms with E-state index in [1.165, 1.54) is 0 Å². The van der Waals surface area contributed by atoms with Gasteiger partial charge in [0.05, 0.1) is 12.1 Å². The Morgan fingerprint density at radius 3 is 2.43 bits per heavy atom. The van der Waals surface area contributed by atoms with Crippen LogP contribution in [-0.2, 0) is 6.54 Å². The van der Waals surface area contributed by atoms with Gasteiger partial charge < -0.3 is 5.32 Å². The lowest BCUT2D eigenvalue weighted by Crippen LogP contribution is -2.13. The largest absolute Gasteiger partial charge is 0.322 e. The Bertz CT molecular complexity index is 1180. The van der Waals surface area contributed by atoms with Crippen LogP contribution in [0.4, 0.5) is 5.69 Å². The maximum absolute atomic E-state index is 13.2. The van der Waals surface area contributed by atoms with Crippen molar-refractivity contribution in [2.75, 3.05) is 5.32 Å². The van der Waals surface area contributed by atoms with Crippen LogP contribution in [0.15, 0.2) is 79.0 Å². The van der Waals surface area contributed by atoms with Gasteiger partial charge in [0.15, 0.2) is 0 Å². The minimum atomic E-state index is -0.199. The molecule has 1 heterocycles. The highest BCUT2D eigenvalue weighted by molar-refractivity contribution is 6.30. The van der Waals surface area contributed by atoms with Crippen molar-refractivity contribution >= 4 is 23.2 Å². The van der Waals surface area contributed by atoms with Gasteiger partial charge in [-0.2, -0.15) is 5.10 Å². The van der Waals surface area contributed by atoms with Gasteiger partial charge in [0.1, 0.15) is 5.69 Å². The van der Waals surface area contributed by atoms with E-state index >= 15 is 0 Å². The third-order valence-corrected chi connectivity index (χ3v) is 5.19. The van der Waals surface area contributed by atoms with Crippen molar-refractivity contribution < 1.29 is 4.79 Å². The number of carbonyl (C=O) groups is 1. The van der Waals surface area contributed by atoms with Crippen LogP contribution in [0.1, 0.15) is 27.0 Å². The molecule has 1 aromatic heterocycles. The average Bonchev–Trinajstić information content (AvgIpc) is 3.15. The van der Waals surface area contributed by atoms with Crippen molar-refractivity contribution in [3.8, 4) is 11.3 Å². The Kier molecular flexibility index (Phi) is 5.68. The first-order valence-corrected chi connectivity index (χ1v) is 10.1. The number of nitrogens with one attached hydrogen (secondary N) is 1. The first-order valence-electron chi connectivity index (χ1n) is 9.75. The lowest BCUT2D eigenvalue weighted by molar-refractivity contribution is 0.102. The molecule has 1 amide bonds. The van der Waals surface area contributed by atoms with E-state index < -0.39 is 0 Å². The van der Waals surface area contributed by atoms with E-state index in [2.05, 4.69) is 5.32 Å². The molecule has 0 atom stereocenters. The summed E-state index contributed by atoms with van der Waals surface area (Å²) >= 11 is 6.04. The van der Waals surface area contributed by atoms with E-state index in [9.17, 15) is 4.79 Å². The molecule has 150 valence electrons. The molecule has 0 aliphatic heterocycles. The van der Waals surface area contributed by atoms with E-state index in [0.29, 0.717) is 22.8 Å². The van der Waals surface area contributed by atoms with Crippen LogP contribution >= 0.6 is 11.6 Å². The van der Waals surface area contributed by atoms with Crippen LogP contribution in [0.3, 0.4) is 0 Å². The molecule has 0 saturated heterocycles. The van der Waals surface area contributed by atoms with Crippen LogP contribution < -0.4 is 5.32 Å². The molecule has 4 aromatic rings. The van der Waals surface area contributed by atoms with Crippen LogP contribution in [-0.4, -0.2) is 15.7 Å². The molecule has 4 rings (SSSR count). The molecular formula is C25H22ClN3O. The number of hydrogen-bond acceptors (Lipinski definition) is 2. The second kappa shape index (κ2) is 8.56. The Morgan fingerprint density at radius 1 is 1.00 bits per heavy atom. The summed E-state index contributed by atoms with van der Waals surface area (Å²) < 4.78 is 1.81. The molecule has 30 heavy (non-hydrogen) atoms. The summed E-state index contributed by atoms with van der Waals surface area (Å²) in [6.45, 7) is 4.54. The third kappa shape index (κ3) is 4.44. The fourth-order valence-corrected chi connectivity index (χ4v) is 3.55. The van der Waals surface area contributed by atoms with E-state index in [4.69, 9.17) is 16.7 Å². The number of anilines is 1. The molecule has 4 nitrogen and oxygen atoms in total. The molecule has 0 saturated carbocycles. The molecule has 0 aliphatic carbocycles. The SMILES string of the molecule is Cc1ccc(-c2nn(Cc3ccccc3)cc2C(=O)Nc2ccc(Cl)cc2C)cc1. The summed E-state index contributed by atoms with van der Waals surface area (Å²) in [6, 6.07) is 23.5. The molecule has 0 spiro atoms. The molecular weight excluding hydrogens is 394 g/mol. The van der Waals surface area contributed by atoms with Gasteiger partial charge in [-0.15, -0.1) is 0 Å². The highest BCUT2D eigenvalue weighted by atomic mass is 35.5. The maximum atomic E-state index is 13.2. The van der Waals surface area contributed by atoms with Gasteiger partial charge >= 0.3 is 0 Å². The van der Waals surface area contributed by atoms with Gasteiger partial charge in [-0.25, -0.2) is 0 Å². The minimum absolute atomic E-state index is 0.199. The quantitative estimate of drug-likeness (QED) is 0.426. The van der Waals surface area contributed by atoms with Crippen molar-refractivity contribution in [2.45, 2.75) is 20.4 Å². The summed E-state index contributed by atoms with van der Waals surface area (Å²) in [5.74, 6) is -0.199. The molecule has 0 unspecified atom stereocenters. The molecule has 1 N–H and O–H groups in total. The Balaban J connectivity index is 1.70. The summed E-state index contributed by atoms with van der Waals surface area (Å²) in [7, 11) is 0. The average molecular weight is 416 g/mol. The number of aryl methyl sites for hydroxylation is 2. The zero-order chi connectivity index (χ0) is 21.1. The van der Waals surface area contributed by atoms with Crippen molar-refractivity contribution in [3.63, 3.8) is 0 Å². The zero-order valence-electron chi connectivity index (χ0n) is 16.9. The first kappa shape index (κ1) is 19.9. The fourth-order valence-electron chi connectivity index (χ4n) is 3.32. The highest BCUT2D eigenvalue weighted by Gasteiger charge is 2.19. The molecule has 5 heteroatoms. The number of rotatable bonds is 5. The topological polar surface area (TPSA) is 46.9 Å². The number of amides is 1. The van der Waals surface area contributed by atoms with Crippen molar-refractivity contribution in [1.82, 2.24) is 9.78 Å². The van der Waals surface area contributed by atoms with Crippen molar-refractivity contribution in [3.05, 3.63) is 106 Å². The standard InChI is InChI=1S/C25H22ClN3O/c1-17-8-10-20(11-9-17)24-22(16-29(28-24)15-19-6-4-3-5-7-19)25(30)27-23-13-12-21(26)14-18(23)2/h3-14,16H,15H2,1-2H3,(H,27,30). The molecule has 3 aromatic carbocycles.